The minimum atomic E-state index is -0.189. The van der Waals surface area contributed by atoms with Gasteiger partial charge < -0.3 is 9.84 Å². The maximum absolute atomic E-state index is 9.29. The molecule has 2 aromatic rings. The number of aliphatic hydroxyl groups excluding tert-OH is 1. The highest BCUT2D eigenvalue weighted by atomic mass is 35.5. The second-order valence-electron chi connectivity index (χ2n) is 3.95. The summed E-state index contributed by atoms with van der Waals surface area (Å²) in [6.07, 6.45) is 0. The fourth-order valence-electron chi connectivity index (χ4n) is 1.67. The summed E-state index contributed by atoms with van der Waals surface area (Å²) in [5.41, 5.74) is 1.47. The zero-order valence-corrected chi connectivity index (χ0v) is 12.1. The van der Waals surface area contributed by atoms with Crippen molar-refractivity contribution < 1.29 is 9.84 Å². The molecule has 1 N–H and O–H groups in total. The van der Waals surface area contributed by atoms with Gasteiger partial charge in [0.05, 0.1) is 11.6 Å². The minimum Gasteiger partial charge on any atom is -0.487 e. The molecule has 0 atom stereocenters. The summed E-state index contributed by atoms with van der Waals surface area (Å²) in [6, 6.07) is 10.5. The molecule has 0 saturated carbocycles. The third-order valence-corrected chi connectivity index (χ3v) is 3.26. The Balaban J connectivity index is 2.19. The van der Waals surface area contributed by atoms with Crippen molar-refractivity contribution in [2.45, 2.75) is 13.2 Å². The molecule has 5 heteroatoms. The molecule has 0 heterocycles. The molecule has 2 nitrogen and oxygen atoms in total. The smallest absolute Gasteiger partial charge is 0.144 e. The van der Waals surface area contributed by atoms with Crippen molar-refractivity contribution in [2.24, 2.45) is 0 Å². The van der Waals surface area contributed by atoms with Gasteiger partial charge in [-0.25, -0.2) is 0 Å². The Bertz CT molecular complexity index is 585. The summed E-state index contributed by atoms with van der Waals surface area (Å²) in [5.74, 6) is 0.438. The van der Waals surface area contributed by atoms with Gasteiger partial charge in [-0.15, -0.1) is 0 Å². The Morgan fingerprint density at radius 3 is 2.47 bits per heavy atom. The molecule has 0 aromatic heterocycles. The molecule has 19 heavy (non-hydrogen) atoms. The standard InChI is InChI=1S/C14H11Cl3O2/c15-11-3-1-2-9(4-11)8-19-14-10(7-18)5-12(16)6-13(14)17/h1-6,18H,7-8H2. The molecular weight excluding hydrogens is 307 g/mol. The van der Waals surface area contributed by atoms with Crippen LogP contribution in [-0.2, 0) is 13.2 Å². The van der Waals surface area contributed by atoms with Crippen LogP contribution >= 0.6 is 34.8 Å². The van der Waals surface area contributed by atoms with Gasteiger partial charge in [0.1, 0.15) is 12.4 Å². The van der Waals surface area contributed by atoms with Crippen LogP contribution in [0.5, 0.6) is 5.75 Å². The molecule has 0 spiro atoms. The van der Waals surface area contributed by atoms with E-state index in [1.807, 2.05) is 18.2 Å². The normalized spacial score (nSPS) is 10.5. The molecule has 0 bridgehead atoms. The number of hydrogen-bond donors (Lipinski definition) is 1. The topological polar surface area (TPSA) is 29.5 Å². The van der Waals surface area contributed by atoms with E-state index >= 15 is 0 Å². The number of hydrogen-bond acceptors (Lipinski definition) is 2. The van der Waals surface area contributed by atoms with Crippen LogP contribution < -0.4 is 4.74 Å². The van der Waals surface area contributed by atoms with Crippen LogP contribution in [0.1, 0.15) is 11.1 Å². The molecule has 0 unspecified atom stereocenters. The summed E-state index contributed by atoms with van der Waals surface area (Å²) in [5, 5.41) is 10.8. The third-order valence-electron chi connectivity index (χ3n) is 2.53. The summed E-state index contributed by atoms with van der Waals surface area (Å²) >= 11 is 17.8. The van der Waals surface area contributed by atoms with Gasteiger partial charge in [0, 0.05) is 15.6 Å². The average Bonchev–Trinajstić information content (AvgIpc) is 2.37. The predicted molar refractivity (Wildman–Crippen MR) is 78.2 cm³/mol. The number of benzene rings is 2. The lowest BCUT2D eigenvalue weighted by atomic mass is 10.2. The molecular formula is C14H11Cl3O2. The van der Waals surface area contributed by atoms with Gasteiger partial charge in [-0.3, -0.25) is 0 Å². The van der Waals surface area contributed by atoms with E-state index in [1.165, 1.54) is 0 Å². The monoisotopic (exact) mass is 316 g/mol. The van der Waals surface area contributed by atoms with Crippen molar-refractivity contribution in [2.75, 3.05) is 0 Å². The lowest BCUT2D eigenvalue weighted by molar-refractivity contribution is 0.259. The van der Waals surface area contributed by atoms with Crippen LogP contribution in [0.3, 0.4) is 0 Å². The maximum Gasteiger partial charge on any atom is 0.144 e. The van der Waals surface area contributed by atoms with Gasteiger partial charge in [-0.05, 0) is 29.8 Å². The predicted octanol–water partition coefficient (Wildman–Crippen LogP) is 4.72. The van der Waals surface area contributed by atoms with E-state index in [9.17, 15) is 5.11 Å². The number of rotatable bonds is 4. The highest BCUT2D eigenvalue weighted by molar-refractivity contribution is 6.35. The van der Waals surface area contributed by atoms with Gasteiger partial charge in [-0.2, -0.15) is 0 Å². The van der Waals surface area contributed by atoms with Crippen molar-refractivity contribution >= 4 is 34.8 Å². The minimum absolute atomic E-state index is 0.189. The Labute approximate surface area is 126 Å². The largest absolute Gasteiger partial charge is 0.487 e. The lowest BCUT2D eigenvalue weighted by Gasteiger charge is -2.12. The molecule has 0 amide bonds. The molecule has 0 aliphatic rings. The lowest BCUT2D eigenvalue weighted by Crippen LogP contribution is -1.99. The highest BCUT2D eigenvalue weighted by Gasteiger charge is 2.10. The van der Waals surface area contributed by atoms with Crippen LogP contribution in [-0.4, -0.2) is 5.11 Å². The van der Waals surface area contributed by atoms with Crippen LogP contribution in [0.2, 0.25) is 15.1 Å². The van der Waals surface area contributed by atoms with E-state index in [2.05, 4.69) is 0 Å². The first kappa shape index (κ1) is 14.5. The van der Waals surface area contributed by atoms with Crippen molar-refractivity contribution in [1.29, 1.82) is 0 Å². The average molecular weight is 318 g/mol. The molecule has 2 rings (SSSR count). The highest BCUT2D eigenvalue weighted by Crippen LogP contribution is 2.33. The van der Waals surface area contributed by atoms with E-state index in [0.717, 1.165) is 5.56 Å². The summed E-state index contributed by atoms with van der Waals surface area (Å²) in [7, 11) is 0. The molecule has 0 aliphatic heterocycles. The Hall–Kier alpha value is -0.930. The van der Waals surface area contributed by atoms with Crippen LogP contribution in [0.25, 0.3) is 0 Å². The first-order valence-electron chi connectivity index (χ1n) is 5.56. The molecule has 0 fully saturated rings. The van der Waals surface area contributed by atoms with E-state index in [4.69, 9.17) is 39.5 Å². The van der Waals surface area contributed by atoms with E-state index < -0.39 is 0 Å². The molecule has 0 radical (unpaired) electrons. The number of aliphatic hydroxyl groups is 1. The summed E-state index contributed by atoms with van der Waals surface area (Å²) < 4.78 is 5.65. The fourth-order valence-corrected chi connectivity index (χ4v) is 2.48. The third kappa shape index (κ3) is 3.77. The van der Waals surface area contributed by atoms with Crippen molar-refractivity contribution in [3.05, 3.63) is 62.6 Å². The van der Waals surface area contributed by atoms with Gasteiger partial charge in [-0.1, -0.05) is 46.9 Å². The van der Waals surface area contributed by atoms with E-state index in [1.54, 1.807) is 18.2 Å². The quantitative estimate of drug-likeness (QED) is 0.884. The second-order valence-corrected chi connectivity index (χ2v) is 5.23. The SMILES string of the molecule is OCc1cc(Cl)cc(Cl)c1OCc1cccc(Cl)c1. The Morgan fingerprint density at radius 1 is 1.00 bits per heavy atom. The molecule has 0 saturated heterocycles. The van der Waals surface area contributed by atoms with Crippen LogP contribution in [0, 0.1) is 0 Å². The van der Waals surface area contributed by atoms with Gasteiger partial charge in [0.2, 0.25) is 0 Å². The molecule has 0 aliphatic carbocycles. The molecule has 2 aromatic carbocycles. The van der Waals surface area contributed by atoms with Crippen molar-refractivity contribution in [3.63, 3.8) is 0 Å². The first-order chi connectivity index (χ1) is 9.10. The second kappa shape index (κ2) is 6.49. The van der Waals surface area contributed by atoms with Crippen molar-refractivity contribution in [1.82, 2.24) is 0 Å². The Morgan fingerprint density at radius 2 is 1.79 bits per heavy atom. The van der Waals surface area contributed by atoms with Crippen molar-refractivity contribution in [3.8, 4) is 5.75 Å². The zero-order chi connectivity index (χ0) is 13.8. The van der Waals surface area contributed by atoms with Gasteiger partial charge in [0.15, 0.2) is 0 Å². The van der Waals surface area contributed by atoms with Gasteiger partial charge in [0.25, 0.3) is 0 Å². The fraction of sp³-hybridized carbons (Fsp3) is 0.143. The molecule has 100 valence electrons. The maximum atomic E-state index is 9.29. The first-order valence-corrected chi connectivity index (χ1v) is 6.69. The Kier molecular flexibility index (Phi) is 4.94. The van der Waals surface area contributed by atoms with Gasteiger partial charge >= 0.3 is 0 Å². The van der Waals surface area contributed by atoms with Crippen LogP contribution in [0.15, 0.2) is 36.4 Å². The van der Waals surface area contributed by atoms with Crippen LogP contribution in [0.4, 0.5) is 0 Å². The summed E-state index contributed by atoms with van der Waals surface area (Å²) in [6.45, 7) is 0.125. The number of halogens is 3. The van der Waals surface area contributed by atoms with E-state index in [0.29, 0.717) is 33.0 Å². The van der Waals surface area contributed by atoms with E-state index in [-0.39, 0.29) is 6.61 Å². The zero-order valence-electron chi connectivity index (χ0n) is 9.87. The number of ether oxygens (including phenoxy) is 1. The summed E-state index contributed by atoms with van der Waals surface area (Å²) in [4.78, 5) is 0.